The van der Waals surface area contributed by atoms with E-state index < -0.39 is 20.5 Å². The second-order valence-electron chi connectivity index (χ2n) is 3.92. The van der Waals surface area contributed by atoms with E-state index in [1.165, 1.54) is 12.1 Å². The molecule has 10 heteroatoms. The van der Waals surface area contributed by atoms with Crippen LogP contribution in [0.15, 0.2) is 50.7 Å². The third-order valence-electron chi connectivity index (χ3n) is 2.47. The topological polar surface area (TPSA) is 122 Å². The molecular weight excluding hydrogens is 366 g/mol. The van der Waals surface area contributed by atoms with Crippen LogP contribution < -0.4 is 10.3 Å². The van der Waals surface area contributed by atoms with Crippen molar-refractivity contribution < 1.29 is 13.3 Å². The van der Waals surface area contributed by atoms with Crippen LogP contribution in [0.1, 0.15) is 0 Å². The third kappa shape index (κ3) is 3.47. The van der Waals surface area contributed by atoms with Gasteiger partial charge in [0.05, 0.1) is 10.6 Å². The smallest absolute Gasteiger partial charge is 0.271 e. The zero-order valence-electron chi connectivity index (χ0n) is 10.2. The summed E-state index contributed by atoms with van der Waals surface area (Å²) >= 11 is 3.11. The molecule has 0 fully saturated rings. The summed E-state index contributed by atoms with van der Waals surface area (Å²) in [4.78, 5) is 23.1. The predicted octanol–water partition coefficient (Wildman–Crippen LogP) is 1.85. The van der Waals surface area contributed by atoms with Gasteiger partial charge in [-0.25, -0.2) is 8.42 Å². The number of halogens is 1. The highest BCUT2D eigenvalue weighted by atomic mass is 79.9. The van der Waals surface area contributed by atoms with Crippen LogP contribution >= 0.6 is 15.9 Å². The monoisotopic (exact) mass is 373 g/mol. The SMILES string of the molecule is O=c1ccc(S(=O)(=O)Nc2cc([N+](=O)[O-])ccc2Br)c[nH]1. The lowest BCUT2D eigenvalue weighted by molar-refractivity contribution is -0.384. The van der Waals surface area contributed by atoms with Gasteiger partial charge in [0.25, 0.3) is 15.7 Å². The molecule has 0 unspecified atom stereocenters. The fraction of sp³-hybridized carbons (Fsp3) is 0. The maximum atomic E-state index is 12.1. The Balaban J connectivity index is 2.41. The number of hydrogen-bond acceptors (Lipinski definition) is 5. The first-order chi connectivity index (χ1) is 9.79. The van der Waals surface area contributed by atoms with Crippen molar-refractivity contribution in [1.82, 2.24) is 4.98 Å². The van der Waals surface area contributed by atoms with Crippen molar-refractivity contribution in [3.05, 3.63) is 61.5 Å². The minimum Gasteiger partial charge on any atom is -0.328 e. The first-order valence-electron chi connectivity index (χ1n) is 5.45. The van der Waals surface area contributed by atoms with E-state index in [2.05, 4.69) is 25.6 Å². The average molecular weight is 374 g/mol. The van der Waals surface area contributed by atoms with Crippen LogP contribution in [0, 0.1) is 10.1 Å². The molecule has 0 aliphatic rings. The number of aromatic nitrogens is 1. The number of nitro groups is 1. The highest BCUT2D eigenvalue weighted by molar-refractivity contribution is 9.10. The van der Waals surface area contributed by atoms with Gasteiger partial charge in [-0.3, -0.25) is 19.6 Å². The van der Waals surface area contributed by atoms with Gasteiger partial charge in [0.15, 0.2) is 0 Å². The van der Waals surface area contributed by atoms with E-state index in [1.54, 1.807) is 0 Å². The van der Waals surface area contributed by atoms with Gasteiger partial charge < -0.3 is 4.98 Å². The molecule has 0 bridgehead atoms. The molecule has 1 heterocycles. The summed E-state index contributed by atoms with van der Waals surface area (Å²) < 4.78 is 26.8. The molecule has 8 nitrogen and oxygen atoms in total. The molecule has 0 amide bonds. The minimum atomic E-state index is -3.97. The maximum absolute atomic E-state index is 12.1. The van der Waals surface area contributed by atoms with Crippen LogP contribution in [-0.2, 0) is 10.0 Å². The fourth-order valence-corrected chi connectivity index (χ4v) is 2.99. The first-order valence-corrected chi connectivity index (χ1v) is 7.73. The van der Waals surface area contributed by atoms with Crippen LogP contribution in [0.3, 0.4) is 0 Å². The Labute approximate surface area is 127 Å². The predicted molar refractivity (Wildman–Crippen MR) is 78.7 cm³/mol. The second-order valence-corrected chi connectivity index (χ2v) is 6.45. The van der Waals surface area contributed by atoms with E-state index in [9.17, 15) is 23.3 Å². The largest absolute Gasteiger partial charge is 0.328 e. The molecule has 1 aromatic carbocycles. The summed E-state index contributed by atoms with van der Waals surface area (Å²) in [5.41, 5.74) is -0.668. The van der Waals surface area contributed by atoms with Gasteiger partial charge in [-0.05, 0) is 28.1 Å². The van der Waals surface area contributed by atoms with Gasteiger partial charge in [0, 0.05) is 28.9 Å². The van der Waals surface area contributed by atoms with Gasteiger partial charge in [-0.1, -0.05) is 0 Å². The number of anilines is 1. The summed E-state index contributed by atoms with van der Waals surface area (Å²) in [6.45, 7) is 0. The lowest BCUT2D eigenvalue weighted by Crippen LogP contribution is -2.15. The molecule has 2 N–H and O–H groups in total. The van der Waals surface area contributed by atoms with E-state index >= 15 is 0 Å². The van der Waals surface area contributed by atoms with Crippen molar-refractivity contribution in [2.45, 2.75) is 4.90 Å². The number of non-ortho nitro benzene ring substituents is 1. The number of H-pyrrole nitrogens is 1. The quantitative estimate of drug-likeness (QED) is 0.625. The molecule has 2 rings (SSSR count). The summed E-state index contributed by atoms with van der Waals surface area (Å²) in [6, 6.07) is 5.89. The molecule has 0 aliphatic carbocycles. The normalized spacial score (nSPS) is 11.1. The van der Waals surface area contributed by atoms with Crippen molar-refractivity contribution in [3.63, 3.8) is 0 Å². The number of nitrogens with one attached hydrogen (secondary N) is 2. The zero-order valence-corrected chi connectivity index (χ0v) is 12.6. The molecular formula is C11H8BrN3O5S. The van der Waals surface area contributed by atoms with Crippen LogP contribution in [0.5, 0.6) is 0 Å². The molecule has 2 aromatic rings. The van der Waals surface area contributed by atoms with Crippen LogP contribution in [0.2, 0.25) is 0 Å². The Morgan fingerprint density at radius 3 is 2.52 bits per heavy atom. The van der Waals surface area contributed by atoms with Crippen LogP contribution in [0.4, 0.5) is 11.4 Å². The molecule has 0 radical (unpaired) electrons. The number of nitrogens with zero attached hydrogens (tertiary/aromatic N) is 1. The van der Waals surface area contributed by atoms with E-state index in [0.29, 0.717) is 4.47 Å². The fourth-order valence-electron chi connectivity index (χ4n) is 1.47. The summed E-state index contributed by atoms with van der Waals surface area (Å²) in [7, 11) is -3.97. The minimum absolute atomic E-state index is 0.0235. The standard InChI is InChI=1S/C11H8BrN3O5S/c12-9-3-1-7(15(17)18)5-10(9)14-21(19,20)8-2-4-11(16)13-6-8/h1-6,14H,(H,13,16). The molecule has 110 valence electrons. The first kappa shape index (κ1) is 15.2. The molecule has 0 saturated carbocycles. The lowest BCUT2D eigenvalue weighted by atomic mass is 10.3. The lowest BCUT2D eigenvalue weighted by Gasteiger charge is -2.09. The molecule has 0 atom stereocenters. The maximum Gasteiger partial charge on any atom is 0.271 e. The number of hydrogen-bond donors (Lipinski definition) is 2. The van der Waals surface area contributed by atoms with Crippen LogP contribution in [-0.4, -0.2) is 18.3 Å². The molecule has 0 saturated heterocycles. The number of benzene rings is 1. The Morgan fingerprint density at radius 2 is 1.95 bits per heavy atom. The molecule has 0 spiro atoms. The summed E-state index contributed by atoms with van der Waals surface area (Å²) in [5, 5.41) is 10.7. The van der Waals surface area contributed by atoms with Gasteiger partial charge in [0.2, 0.25) is 5.56 Å². The average Bonchev–Trinajstić information content (AvgIpc) is 2.41. The zero-order chi connectivity index (χ0) is 15.6. The third-order valence-corrected chi connectivity index (χ3v) is 4.53. The highest BCUT2D eigenvalue weighted by Gasteiger charge is 2.18. The van der Waals surface area contributed by atoms with Gasteiger partial charge in [0.1, 0.15) is 4.90 Å². The van der Waals surface area contributed by atoms with Crippen molar-refractivity contribution in [2.24, 2.45) is 0 Å². The van der Waals surface area contributed by atoms with Gasteiger partial charge in [-0.2, -0.15) is 0 Å². The van der Waals surface area contributed by atoms with Crippen molar-refractivity contribution >= 4 is 37.3 Å². The second kappa shape index (κ2) is 5.66. The Morgan fingerprint density at radius 1 is 1.24 bits per heavy atom. The number of nitro benzene ring substituents is 1. The highest BCUT2D eigenvalue weighted by Crippen LogP contribution is 2.28. The van der Waals surface area contributed by atoms with Crippen molar-refractivity contribution in [2.75, 3.05) is 4.72 Å². The van der Waals surface area contributed by atoms with Crippen LogP contribution in [0.25, 0.3) is 0 Å². The number of rotatable bonds is 4. The van der Waals surface area contributed by atoms with Gasteiger partial charge >= 0.3 is 0 Å². The Hall–Kier alpha value is -2.20. The molecule has 0 aliphatic heterocycles. The van der Waals surface area contributed by atoms with E-state index in [-0.39, 0.29) is 16.3 Å². The number of pyridine rings is 1. The Bertz CT molecular complexity index is 842. The van der Waals surface area contributed by atoms with Gasteiger partial charge in [-0.15, -0.1) is 0 Å². The van der Waals surface area contributed by atoms with E-state index in [4.69, 9.17) is 0 Å². The van der Waals surface area contributed by atoms with Crippen molar-refractivity contribution in [3.8, 4) is 0 Å². The summed E-state index contributed by atoms with van der Waals surface area (Å²) in [5.74, 6) is 0. The van der Waals surface area contributed by atoms with E-state index in [0.717, 1.165) is 24.4 Å². The number of sulfonamides is 1. The molecule has 21 heavy (non-hydrogen) atoms. The Kier molecular flexibility index (Phi) is 4.09. The van der Waals surface area contributed by atoms with E-state index in [1.807, 2.05) is 0 Å². The molecule has 1 aromatic heterocycles. The number of aromatic amines is 1. The van der Waals surface area contributed by atoms with Crippen molar-refractivity contribution in [1.29, 1.82) is 0 Å². The summed E-state index contributed by atoms with van der Waals surface area (Å²) in [6.07, 6.45) is 1.04.